The summed E-state index contributed by atoms with van der Waals surface area (Å²) in [4.78, 5) is 4.00. The maximum absolute atomic E-state index is 14.1. The van der Waals surface area contributed by atoms with E-state index in [9.17, 15) is 8.78 Å². The normalized spacial score (nSPS) is 17.6. The van der Waals surface area contributed by atoms with E-state index in [2.05, 4.69) is 10.2 Å². The molecule has 1 saturated heterocycles. The molecule has 0 unspecified atom stereocenters. The van der Waals surface area contributed by atoms with Crippen LogP contribution in [0.4, 0.5) is 14.5 Å². The summed E-state index contributed by atoms with van der Waals surface area (Å²) in [5.74, 6) is -0.926. The van der Waals surface area contributed by atoms with Gasteiger partial charge in [0.1, 0.15) is 17.3 Å². The molecule has 19 heavy (non-hydrogen) atoms. The molecule has 5 heteroatoms. The van der Waals surface area contributed by atoms with Gasteiger partial charge in [-0.25, -0.2) is 8.78 Å². The lowest BCUT2D eigenvalue weighted by Crippen LogP contribution is -2.30. The molecule has 0 aliphatic carbocycles. The molecule has 2 rings (SSSR count). The second kappa shape index (κ2) is 6.30. The van der Waals surface area contributed by atoms with Gasteiger partial charge in [0.25, 0.3) is 0 Å². The molecule has 0 radical (unpaired) electrons. The maximum Gasteiger partial charge on any atom is 0.149 e. The second-order valence-corrected chi connectivity index (χ2v) is 5.08. The van der Waals surface area contributed by atoms with Gasteiger partial charge in [0.2, 0.25) is 0 Å². The molecule has 0 spiro atoms. The Bertz CT molecular complexity index is 414. The molecule has 106 valence electrons. The highest BCUT2D eigenvalue weighted by Gasteiger charge is 2.20. The molecule has 1 aromatic rings. The van der Waals surface area contributed by atoms with Crippen molar-refractivity contribution in [3.8, 4) is 0 Å². The Morgan fingerprint density at radius 2 is 1.79 bits per heavy atom. The fourth-order valence-corrected chi connectivity index (χ4v) is 2.50. The Hall–Kier alpha value is -1.20. The van der Waals surface area contributed by atoms with E-state index in [0.717, 1.165) is 19.5 Å². The number of anilines is 1. The van der Waals surface area contributed by atoms with Crippen LogP contribution in [0.3, 0.4) is 0 Å². The molecule has 1 aromatic carbocycles. The summed E-state index contributed by atoms with van der Waals surface area (Å²) < 4.78 is 28.3. The molecule has 1 aliphatic rings. The molecule has 0 saturated carbocycles. The Morgan fingerprint density at radius 3 is 2.42 bits per heavy atom. The van der Waals surface area contributed by atoms with Crippen LogP contribution < -0.4 is 10.2 Å². The molecule has 1 N–H and O–H groups in total. The number of hydrogen-bond acceptors (Lipinski definition) is 3. The first-order valence-corrected chi connectivity index (χ1v) is 6.68. The maximum atomic E-state index is 14.1. The van der Waals surface area contributed by atoms with Gasteiger partial charge in [-0.15, -0.1) is 0 Å². The van der Waals surface area contributed by atoms with Crippen molar-refractivity contribution in [1.29, 1.82) is 0 Å². The second-order valence-electron chi connectivity index (χ2n) is 5.08. The number of benzene rings is 1. The van der Waals surface area contributed by atoms with Crippen LogP contribution in [0.1, 0.15) is 12.0 Å². The van der Waals surface area contributed by atoms with Crippen molar-refractivity contribution in [3.63, 3.8) is 0 Å². The number of nitrogens with zero attached hydrogens (tertiary/aromatic N) is 2. The molecule has 0 amide bonds. The molecular weight excluding hydrogens is 248 g/mol. The number of rotatable bonds is 3. The van der Waals surface area contributed by atoms with Crippen LogP contribution in [0.15, 0.2) is 12.1 Å². The Morgan fingerprint density at radius 1 is 1.11 bits per heavy atom. The summed E-state index contributed by atoms with van der Waals surface area (Å²) in [5.41, 5.74) is 0.753. The highest BCUT2D eigenvalue weighted by Crippen LogP contribution is 2.26. The van der Waals surface area contributed by atoms with E-state index in [0.29, 0.717) is 25.2 Å². The Balaban J connectivity index is 2.23. The zero-order chi connectivity index (χ0) is 13.8. The minimum atomic E-state index is -0.463. The average Bonchev–Trinajstić information content (AvgIpc) is 2.54. The van der Waals surface area contributed by atoms with Crippen LogP contribution in [0.2, 0.25) is 0 Å². The molecule has 1 fully saturated rings. The smallest absolute Gasteiger partial charge is 0.149 e. The van der Waals surface area contributed by atoms with E-state index in [4.69, 9.17) is 0 Å². The topological polar surface area (TPSA) is 18.5 Å². The number of nitrogens with one attached hydrogen (secondary N) is 1. The zero-order valence-electron chi connectivity index (χ0n) is 11.5. The van der Waals surface area contributed by atoms with Gasteiger partial charge in [-0.1, -0.05) is 0 Å². The summed E-state index contributed by atoms with van der Waals surface area (Å²) in [6, 6.07) is 2.84. The number of likely N-dealkylation sites (N-methyl/N-ethyl adjacent to an activating group) is 1. The lowest BCUT2D eigenvalue weighted by atomic mass is 10.1. The third kappa shape index (κ3) is 3.42. The van der Waals surface area contributed by atoms with E-state index in [1.54, 1.807) is 7.05 Å². The zero-order valence-corrected chi connectivity index (χ0v) is 11.5. The first-order valence-electron chi connectivity index (χ1n) is 6.68. The molecule has 0 atom stereocenters. The SMILES string of the molecule is CNCc1cc(F)c(N2CCCN(C)CC2)c(F)c1. The summed E-state index contributed by atoms with van der Waals surface area (Å²) >= 11 is 0. The first kappa shape index (κ1) is 14.2. The molecule has 0 aromatic heterocycles. The van der Waals surface area contributed by atoms with Gasteiger partial charge in [-0.05, 0) is 44.8 Å². The third-order valence-corrected chi connectivity index (χ3v) is 3.49. The average molecular weight is 269 g/mol. The van der Waals surface area contributed by atoms with Crippen LogP contribution >= 0.6 is 0 Å². The van der Waals surface area contributed by atoms with Crippen LogP contribution in [0.5, 0.6) is 0 Å². The Labute approximate surface area is 113 Å². The van der Waals surface area contributed by atoms with Crippen LogP contribution in [0, 0.1) is 11.6 Å². The number of hydrogen-bond donors (Lipinski definition) is 1. The molecular formula is C14H21F2N3. The van der Waals surface area contributed by atoms with E-state index in [1.165, 1.54) is 12.1 Å². The van der Waals surface area contributed by atoms with Crippen molar-refractivity contribution in [3.05, 3.63) is 29.3 Å². The molecule has 0 bridgehead atoms. The summed E-state index contributed by atoms with van der Waals surface area (Å²) in [6.45, 7) is 3.63. The Kier molecular flexibility index (Phi) is 4.71. The van der Waals surface area contributed by atoms with Gasteiger partial charge in [-0.2, -0.15) is 0 Å². The van der Waals surface area contributed by atoms with Crippen LogP contribution in [0.25, 0.3) is 0 Å². The van der Waals surface area contributed by atoms with E-state index >= 15 is 0 Å². The number of halogens is 2. The van der Waals surface area contributed by atoms with Gasteiger partial charge in [-0.3, -0.25) is 0 Å². The minimum absolute atomic E-state index is 0.121. The highest BCUT2D eigenvalue weighted by molar-refractivity contribution is 5.51. The summed E-state index contributed by atoms with van der Waals surface area (Å²) in [5, 5.41) is 2.90. The monoisotopic (exact) mass is 269 g/mol. The van der Waals surface area contributed by atoms with Gasteiger partial charge in [0.15, 0.2) is 0 Å². The van der Waals surface area contributed by atoms with Crippen molar-refractivity contribution in [2.75, 3.05) is 45.2 Å². The van der Waals surface area contributed by atoms with E-state index in [-0.39, 0.29) is 5.69 Å². The highest BCUT2D eigenvalue weighted by atomic mass is 19.1. The predicted octanol–water partition coefficient (Wildman–Crippen LogP) is 1.83. The van der Waals surface area contributed by atoms with Gasteiger partial charge >= 0.3 is 0 Å². The lowest BCUT2D eigenvalue weighted by Gasteiger charge is -2.24. The fraction of sp³-hybridized carbons (Fsp3) is 0.571. The molecule has 1 aliphatic heterocycles. The predicted molar refractivity (Wildman–Crippen MR) is 73.4 cm³/mol. The largest absolute Gasteiger partial charge is 0.365 e. The molecule has 1 heterocycles. The summed E-state index contributed by atoms with van der Waals surface area (Å²) in [6.07, 6.45) is 0.924. The van der Waals surface area contributed by atoms with Crippen LogP contribution in [-0.2, 0) is 6.54 Å². The van der Waals surface area contributed by atoms with E-state index in [1.807, 2.05) is 11.9 Å². The van der Waals surface area contributed by atoms with E-state index < -0.39 is 11.6 Å². The van der Waals surface area contributed by atoms with Gasteiger partial charge in [0, 0.05) is 26.2 Å². The fourth-order valence-electron chi connectivity index (χ4n) is 2.50. The lowest BCUT2D eigenvalue weighted by molar-refractivity contribution is 0.360. The van der Waals surface area contributed by atoms with Crippen molar-refractivity contribution in [1.82, 2.24) is 10.2 Å². The van der Waals surface area contributed by atoms with Crippen molar-refractivity contribution in [2.24, 2.45) is 0 Å². The van der Waals surface area contributed by atoms with Gasteiger partial charge < -0.3 is 15.1 Å². The summed E-state index contributed by atoms with van der Waals surface area (Å²) in [7, 11) is 3.79. The van der Waals surface area contributed by atoms with Crippen molar-refractivity contribution < 1.29 is 8.78 Å². The first-order chi connectivity index (χ1) is 9.11. The van der Waals surface area contributed by atoms with Crippen molar-refractivity contribution in [2.45, 2.75) is 13.0 Å². The van der Waals surface area contributed by atoms with Crippen LogP contribution in [-0.4, -0.2) is 45.2 Å². The molecule has 3 nitrogen and oxygen atoms in total. The minimum Gasteiger partial charge on any atom is -0.365 e. The van der Waals surface area contributed by atoms with Gasteiger partial charge in [0.05, 0.1) is 0 Å². The quantitative estimate of drug-likeness (QED) is 0.903. The standard InChI is InChI=1S/C14H21F2N3/c1-17-10-11-8-12(15)14(13(16)9-11)19-5-3-4-18(2)6-7-19/h8-9,17H,3-7,10H2,1-2H3. The van der Waals surface area contributed by atoms with Crippen molar-refractivity contribution >= 4 is 5.69 Å². The third-order valence-electron chi connectivity index (χ3n) is 3.49.